The molecule has 0 aromatic carbocycles. The molecule has 1 unspecified atom stereocenters. The second-order valence-corrected chi connectivity index (χ2v) is 6.71. The van der Waals surface area contributed by atoms with Crippen LogP contribution >= 0.6 is 11.3 Å². The summed E-state index contributed by atoms with van der Waals surface area (Å²) in [5.41, 5.74) is -0.539. The molecule has 1 aromatic rings. The summed E-state index contributed by atoms with van der Waals surface area (Å²) in [6.07, 6.45) is 5.87. The average molecular weight is 282 g/mol. The lowest BCUT2D eigenvalue weighted by Gasteiger charge is -2.40. The van der Waals surface area contributed by atoms with Crippen LogP contribution in [0.2, 0.25) is 0 Å². The van der Waals surface area contributed by atoms with Crippen molar-refractivity contribution < 1.29 is 9.84 Å². The maximum absolute atomic E-state index is 10.6. The summed E-state index contributed by atoms with van der Waals surface area (Å²) in [4.78, 5) is 6.87. The van der Waals surface area contributed by atoms with Gasteiger partial charge in [0.05, 0.1) is 10.6 Å². The van der Waals surface area contributed by atoms with Crippen LogP contribution in [0, 0.1) is 0 Å². The number of ether oxygens (including phenoxy) is 1. The van der Waals surface area contributed by atoms with Crippen molar-refractivity contribution in [3.05, 3.63) is 16.6 Å². The van der Waals surface area contributed by atoms with Crippen molar-refractivity contribution in [2.75, 3.05) is 32.8 Å². The van der Waals surface area contributed by atoms with E-state index in [1.165, 1.54) is 17.8 Å². The number of hydrogen-bond donors (Lipinski definition) is 1. The molecule has 3 heterocycles. The van der Waals surface area contributed by atoms with E-state index in [0.29, 0.717) is 19.1 Å². The van der Waals surface area contributed by atoms with Gasteiger partial charge in [-0.1, -0.05) is 0 Å². The van der Waals surface area contributed by atoms with E-state index in [1.54, 1.807) is 11.3 Å². The van der Waals surface area contributed by atoms with E-state index in [0.717, 1.165) is 32.5 Å². The van der Waals surface area contributed by atoms with Crippen LogP contribution < -0.4 is 0 Å². The van der Waals surface area contributed by atoms with Crippen molar-refractivity contribution in [2.24, 2.45) is 0 Å². The summed E-state index contributed by atoms with van der Waals surface area (Å²) < 4.78 is 5.35. The number of thiazole rings is 1. The molecule has 0 spiro atoms. The molecule has 2 saturated heterocycles. The fourth-order valence-corrected chi connectivity index (χ4v) is 3.93. The Labute approximate surface area is 118 Å². The highest BCUT2D eigenvalue weighted by Crippen LogP contribution is 2.30. The maximum atomic E-state index is 10.6. The van der Waals surface area contributed by atoms with Crippen molar-refractivity contribution in [3.63, 3.8) is 0 Å². The topological polar surface area (TPSA) is 45.6 Å². The van der Waals surface area contributed by atoms with Crippen LogP contribution in [0.4, 0.5) is 0 Å². The zero-order valence-corrected chi connectivity index (χ0v) is 12.1. The van der Waals surface area contributed by atoms with Gasteiger partial charge < -0.3 is 9.84 Å². The van der Waals surface area contributed by atoms with Crippen LogP contribution in [-0.4, -0.2) is 53.4 Å². The van der Waals surface area contributed by atoms with Gasteiger partial charge in [-0.15, -0.1) is 11.3 Å². The summed E-state index contributed by atoms with van der Waals surface area (Å²) in [6.45, 7) is 4.32. The molecule has 0 radical (unpaired) electrons. The van der Waals surface area contributed by atoms with Gasteiger partial charge in [0.2, 0.25) is 0 Å². The smallest absolute Gasteiger partial charge is 0.0968 e. The van der Waals surface area contributed by atoms with E-state index in [4.69, 9.17) is 4.74 Å². The quantitative estimate of drug-likeness (QED) is 0.919. The third-order valence-electron chi connectivity index (χ3n) is 4.25. The van der Waals surface area contributed by atoms with Gasteiger partial charge in [0.1, 0.15) is 0 Å². The first-order valence-electron chi connectivity index (χ1n) is 7.17. The van der Waals surface area contributed by atoms with E-state index >= 15 is 0 Å². The molecule has 0 aliphatic carbocycles. The molecule has 5 heteroatoms. The fraction of sp³-hybridized carbons (Fsp3) is 0.786. The largest absolute Gasteiger partial charge is 0.388 e. The predicted molar refractivity (Wildman–Crippen MR) is 75.5 cm³/mol. The van der Waals surface area contributed by atoms with Gasteiger partial charge in [-0.3, -0.25) is 4.90 Å². The molecular formula is C14H22N2O2S. The Morgan fingerprint density at radius 1 is 1.47 bits per heavy atom. The summed E-state index contributed by atoms with van der Waals surface area (Å²) >= 11 is 1.76. The number of aliphatic hydroxyl groups is 1. The Balaban J connectivity index is 1.59. The van der Waals surface area contributed by atoms with Gasteiger partial charge in [-0.05, 0) is 19.4 Å². The number of piperidine rings is 1. The number of β-amino-alcohol motifs (C(OH)–C–C–N with tert-alkyl or cyclic N) is 1. The summed E-state index contributed by atoms with van der Waals surface area (Å²) in [6, 6.07) is 0. The molecule has 0 saturated carbocycles. The Morgan fingerprint density at radius 2 is 2.32 bits per heavy atom. The van der Waals surface area contributed by atoms with Crippen LogP contribution in [0.25, 0.3) is 0 Å². The van der Waals surface area contributed by atoms with E-state index in [9.17, 15) is 5.11 Å². The minimum absolute atomic E-state index is 0.539. The Hall–Kier alpha value is -0.490. The first kappa shape index (κ1) is 13.5. The Kier molecular flexibility index (Phi) is 4.17. The summed E-state index contributed by atoms with van der Waals surface area (Å²) in [5.74, 6) is 0.553. The Morgan fingerprint density at radius 3 is 3.05 bits per heavy atom. The normalized spacial score (nSPS) is 28.4. The van der Waals surface area contributed by atoms with Crippen LogP contribution in [-0.2, 0) is 4.74 Å². The second kappa shape index (κ2) is 5.87. The molecule has 3 rings (SSSR count). The van der Waals surface area contributed by atoms with Crippen LogP contribution in [0.5, 0.6) is 0 Å². The SMILES string of the molecule is OC1(CN2CCCC(c3nccs3)C2)CCOCC1. The molecule has 106 valence electrons. The number of likely N-dealkylation sites (tertiary alicyclic amines) is 1. The molecule has 4 nitrogen and oxygen atoms in total. The van der Waals surface area contributed by atoms with Gasteiger partial charge >= 0.3 is 0 Å². The highest BCUT2D eigenvalue weighted by atomic mass is 32.1. The van der Waals surface area contributed by atoms with Crippen molar-refractivity contribution in [1.82, 2.24) is 9.88 Å². The molecule has 1 atom stereocenters. The van der Waals surface area contributed by atoms with Crippen LogP contribution in [0.1, 0.15) is 36.6 Å². The fourth-order valence-electron chi connectivity index (χ4n) is 3.16. The highest BCUT2D eigenvalue weighted by molar-refractivity contribution is 7.09. The predicted octanol–water partition coefficient (Wildman–Crippen LogP) is 1.86. The minimum atomic E-state index is -0.539. The minimum Gasteiger partial charge on any atom is -0.388 e. The zero-order chi connectivity index (χ0) is 13.1. The van der Waals surface area contributed by atoms with Crippen molar-refractivity contribution in [2.45, 2.75) is 37.2 Å². The lowest BCUT2D eigenvalue weighted by Crippen LogP contribution is -2.49. The van der Waals surface area contributed by atoms with Gasteiger partial charge in [0.15, 0.2) is 0 Å². The number of aromatic nitrogens is 1. The van der Waals surface area contributed by atoms with Gasteiger partial charge in [-0.25, -0.2) is 4.98 Å². The third kappa shape index (κ3) is 3.34. The zero-order valence-electron chi connectivity index (χ0n) is 11.3. The van der Waals surface area contributed by atoms with E-state index in [1.807, 2.05) is 6.20 Å². The number of nitrogens with zero attached hydrogens (tertiary/aromatic N) is 2. The van der Waals surface area contributed by atoms with Crippen LogP contribution in [0.3, 0.4) is 0 Å². The maximum Gasteiger partial charge on any atom is 0.0968 e. The first-order chi connectivity index (χ1) is 9.25. The summed E-state index contributed by atoms with van der Waals surface area (Å²) in [7, 11) is 0. The highest BCUT2D eigenvalue weighted by Gasteiger charge is 2.34. The Bertz CT molecular complexity index is 390. The first-order valence-corrected chi connectivity index (χ1v) is 8.05. The lowest BCUT2D eigenvalue weighted by atomic mass is 9.91. The molecule has 1 aromatic heterocycles. The lowest BCUT2D eigenvalue weighted by molar-refractivity contribution is -0.0824. The molecule has 2 aliphatic heterocycles. The molecule has 2 fully saturated rings. The standard InChI is InChI=1S/C14H22N2O2S/c17-14(3-7-18-8-4-14)11-16-6-1-2-12(10-16)13-15-5-9-19-13/h5,9,12,17H,1-4,6-8,10-11H2. The van der Waals surface area contributed by atoms with E-state index in [2.05, 4.69) is 15.3 Å². The molecule has 2 aliphatic rings. The molecule has 0 amide bonds. The molecule has 19 heavy (non-hydrogen) atoms. The van der Waals surface area contributed by atoms with Crippen molar-refractivity contribution >= 4 is 11.3 Å². The van der Waals surface area contributed by atoms with Crippen molar-refractivity contribution in [1.29, 1.82) is 0 Å². The molecule has 0 bridgehead atoms. The van der Waals surface area contributed by atoms with Gasteiger partial charge in [0, 0.05) is 56.6 Å². The van der Waals surface area contributed by atoms with Gasteiger partial charge in [-0.2, -0.15) is 0 Å². The van der Waals surface area contributed by atoms with Crippen LogP contribution in [0.15, 0.2) is 11.6 Å². The number of hydrogen-bond acceptors (Lipinski definition) is 5. The summed E-state index contributed by atoms with van der Waals surface area (Å²) in [5, 5.41) is 13.9. The third-order valence-corrected chi connectivity index (χ3v) is 5.19. The van der Waals surface area contributed by atoms with Crippen molar-refractivity contribution in [3.8, 4) is 0 Å². The van der Waals surface area contributed by atoms with Gasteiger partial charge in [0.25, 0.3) is 0 Å². The monoisotopic (exact) mass is 282 g/mol. The van der Waals surface area contributed by atoms with E-state index in [-0.39, 0.29) is 0 Å². The average Bonchev–Trinajstić information content (AvgIpc) is 2.93. The second-order valence-electron chi connectivity index (χ2n) is 5.78. The molecule has 1 N–H and O–H groups in total. The molecular weight excluding hydrogens is 260 g/mol. The van der Waals surface area contributed by atoms with E-state index < -0.39 is 5.60 Å². The number of rotatable bonds is 3.